The monoisotopic (exact) mass is 455 g/mol. The van der Waals surface area contributed by atoms with Crippen molar-refractivity contribution in [1.82, 2.24) is 5.32 Å². The molecule has 0 saturated carbocycles. The first-order valence-electron chi connectivity index (χ1n) is 12.0. The van der Waals surface area contributed by atoms with Gasteiger partial charge >= 0.3 is 0 Å². The van der Waals surface area contributed by atoms with Gasteiger partial charge in [0.05, 0.1) is 19.3 Å². The third kappa shape index (κ3) is 5.46. The van der Waals surface area contributed by atoms with Crippen molar-refractivity contribution in [3.63, 3.8) is 0 Å². The third-order valence-corrected chi connectivity index (χ3v) is 6.56. The zero-order valence-electron chi connectivity index (χ0n) is 19.3. The topological polar surface area (TPSA) is 30.5 Å². The number of nitrogens with one attached hydrogen (secondary N) is 1. The molecule has 3 nitrogen and oxygen atoms in total. The Hall–Kier alpha value is -3.21. The number of fused-ring (bicyclic) bond motifs is 1. The summed E-state index contributed by atoms with van der Waals surface area (Å²) in [6.07, 6.45) is 1.87. The number of benzene rings is 4. The minimum absolute atomic E-state index is 0.0353. The van der Waals surface area contributed by atoms with Gasteiger partial charge in [-0.15, -0.1) is 0 Å². The van der Waals surface area contributed by atoms with Gasteiger partial charge in [0, 0.05) is 24.3 Å². The smallest absolute Gasteiger partial charge is 0.127 e. The van der Waals surface area contributed by atoms with Crippen LogP contribution in [0.4, 0.5) is 4.39 Å². The Labute approximate surface area is 200 Å². The van der Waals surface area contributed by atoms with E-state index in [9.17, 15) is 4.39 Å². The minimum atomic E-state index is -0.203. The normalized spacial score (nSPS) is 18.1. The van der Waals surface area contributed by atoms with E-state index in [2.05, 4.69) is 59.9 Å². The standard InChI is InChI=1S/C30H30FNO2/c31-26-12-10-24(11-13-26)28-14-16-32-20-30(28)34-21-23-18-25-8-4-5-9-27(25)29(19-23)33-17-15-22-6-2-1-3-7-22/h1-13,18-19,28,30,32H,14-17,20-21H2. The maximum Gasteiger partial charge on any atom is 0.127 e. The Morgan fingerprint density at radius 2 is 1.65 bits per heavy atom. The Morgan fingerprint density at radius 3 is 2.50 bits per heavy atom. The van der Waals surface area contributed by atoms with E-state index in [-0.39, 0.29) is 17.8 Å². The number of piperidine rings is 1. The molecule has 4 aromatic rings. The van der Waals surface area contributed by atoms with Gasteiger partial charge in [0.15, 0.2) is 0 Å². The van der Waals surface area contributed by atoms with Gasteiger partial charge in [-0.1, -0.05) is 66.7 Å². The quantitative estimate of drug-likeness (QED) is 0.340. The molecule has 34 heavy (non-hydrogen) atoms. The fraction of sp³-hybridized carbons (Fsp3) is 0.267. The summed E-state index contributed by atoms with van der Waals surface area (Å²) in [6.45, 7) is 2.86. The molecule has 1 N–H and O–H groups in total. The van der Waals surface area contributed by atoms with Gasteiger partial charge in [0.1, 0.15) is 11.6 Å². The summed E-state index contributed by atoms with van der Waals surface area (Å²) in [4.78, 5) is 0. The summed E-state index contributed by atoms with van der Waals surface area (Å²) < 4.78 is 26.1. The SMILES string of the molecule is Fc1ccc(C2CCNCC2OCc2cc(OCCc3ccccc3)c3ccccc3c2)cc1. The van der Waals surface area contributed by atoms with E-state index < -0.39 is 0 Å². The molecule has 0 radical (unpaired) electrons. The van der Waals surface area contributed by atoms with E-state index in [1.165, 1.54) is 17.7 Å². The van der Waals surface area contributed by atoms with Crippen molar-refractivity contribution in [2.45, 2.75) is 31.5 Å². The molecule has 5 rings (SSSR count). The van der Waals surface area contributed by atoms with E-state index in [1.54, 1.807) is 0 Å². The largest absolute Gasteiger partial charge is 0.493 e. The number of hydrogen-bond donors (Lipinski definition) is 1. The van der Waals surface area contributed by atoms with E-state index in [4.69, 9.17) is 9.47 Å². The Morgan fingerprint density at radius 1 is 0.853 bits per heavy atom. The predicted molar refractivity (Wildman–Crippen MR) is 135 cm³/mol. The second-order valence-corrected chi connectivity index (χ2v) is 8.90. The molecular weight excluding hydrogens is 425 g/mol. The summed E-state index contributed by atoms with van der Waals surface area (Å²) in [5.74, 6) is 0.944. The first kappa shape index (κ1) is 22.6. The van der Waals surface area contributed by atoms with Crippen molar-refractivity contribution in [3.05, 3.63) is 114 Å². The van der Waals surface area contributed by atoms with Crippen LogP contribution in [0.25, 0.3) is 10.8 Å². The zero-order valence-corrected chi connectivity index (χ0v) is 19.3. The Bertz CT molecular complexity index is 1210. The summed E-state index contributed by atoms with van der Waals surface area (Å²) >= 11 is 0. The third-order valence-electron chi connectivity index (χ3n) is 6.56. The Kier molecular flexibility index (Phi) is 7.18. The predicted octanol–water partition coefficient (Wildman–Crippen LogP) is 6.26. The molecule has 1 aliphatic rings. The van der Waals surface area contributed by atoms with Gasteiger partial charge in [-0.3, -0.25) is 0 Å². The van der Waals surface area contributed by atoms with Crippen molar-refractivity contribution in [1.29, 1.82) is 0 Å². The number of rotatable bonds is 8. The van der Waals surface area contributed by atoms with Crippen molar-refractivity contribution >= 4 is 10.8 Å². The highest BCUT2D eigenvalue weighted by molar-refractivity contribution is 5.89. The molecule has 4 heteroatoms. The summed E-state index contributed by atoms with van der Waals surface area (Å²) in [7, 11) is 0. The number of halogens is 1. The molecule has 4 aromatic carbocycles. The van der Waals surface area contributed by atoms with Crippen LogP contribution in [0.15, 0.2) is 91.0 Å². The maximum atomic E-state index is 13.4. The summed E-state index contributed by atoms with van der Waals surface area (Å²) in [5, 5.41) is 5.70. The van der Waals surface area contributed by atoms with Crippen LogP contribution in [0.3, 0.4) is 0 Å². The van der Waals surface area contributed by atoms with Crippen molar-refractivity contribution in [3.8, 4) is 5.75 Å². The molecule has 0 bridgehead atoms. The van der Waals surface area contributed by atoms with Gasteiger partial charge in [0.2, 0.25) is 0 Å². The van der Waals surface area contributed by atoms with E-state index in [0.717, 1.165) is 53.6 Å². The van der Waals surface area contributed by atoms with Gasteiger partial charge in [-0.05, 0) is 59.3 Å². The highest BCUT2D eigenvalue weighted by Gasteiger charge is 2.27. The van der Waals surface area contributed by atoms with E-state index in [1.807, 2.05) is 24.3 Å². The van der Waals surface area contributed by atoms with Crippen LogP contribution < -0.4 is 10.1 Å². The molecule has 2 atom stereocenters. The molecular formula is C30H30FNO2. The summed E-state index contributed by atoms with van der Waals surface area (Å²) in [5.41, 5.74) is 3.50. The van der Waals surface area contributed by atoms with Crippen LogP contribution in [0.1, 0.15) is 29.0 Å². The fourth-order valence-corrected chi connectivity index (χ4v) is 4.76. The molecule has 0 aromatic heterocycles. The zero-order chi connectivity index (χ0) is 23.2. The molecule has 2 unspecified atom stereocenters. The van der Waals surface area contributed by atoms with Crippen molar-refractivity contribution < 1.29 is 13.9 Å². The maximum absolute atomic E-state index is 13.4. The molecule has 1 fully saturated rings. The average molecular weight is 456 g/mol. The lowest BCUT2D eigenvalue weighted by molar-refractivity contribution is 0.0106. The lowest BCUT2D eigenvalue weighted by atomic mass is 9.88. The van der Waals surface area contributed by atoms with Crippen molar-refractivity contribution in [2.24, 2.45) is 0 Å². The highest BCUT2D eigenvalue weighted by atomic mass is 19.1. The molecule has 1 heterocycles. The van der Waals surface area contributed by atoms with Crippen LogP contribution in [-0.2, 0) is 17.8 Å². The molecule has 1 aliphatic heterocycles. The van der Waals surface area contributed by atoms with E-state index >= 15 is 0 Å². The van der Waals surface area contributed by atoms with Gasteiger partial charge < -0.3 is 14.8 Å². The second kappa shape index (κ2) is 10.8. The first-order chi connectivity index (χ1) is 16.8. The molecule has 1 saturated heterocycles. The second-order valence-electron chi connectivity index (χ2n) is 8.90. The first-order valence-corrected chi connectivity index (χ1v) is 12.0. The molecule has 0 amide bonds. The minimum Gasteiger partial charge on any atom is -0.493 e. The van der Waals surface area contributed by atoms with Crippen LogP contribution in [0, 0.1) is 5.82 Å². The average Bonchev–Trinajstić information content (AvgIpc) is 2.89. The van der Waals surface area contributed by atoms with Gasteiger partial charge in [-0.2, -0.15) is 0 Å². The van der Waals surface area contributed by atoms with E-state index in [0.29, 0.717) is 13.2 Å². The lowest BCUT2D eigenvalue weighted by Crippen LogP contribution is -2.40. The number of ether oxygens (including phenoxy) is 2. The fourth-order valence-electron chi connectivity index (χ4n) is 4.76. The Balaban J connectivity index is 1.30. The summed E-state index contributed by atoms with van der Waals surface area (Å²) in [6, 6.07) is 29.9. The molecule has 174 valence electrons. The molecule has 0 aliphatic carbocycles. The van der Waals surface area contributed by atoms with Gasteiger partial charge in [-0.25, -0.2) is 4.39 Å². The highest BCUT2D eigenvalue weighted by Crippen LogP contribution is 2.31. The molecule has 0 spiro atoms. The van der Waals surface area contributed by atoms with Crippen molar-refractivity contribution in [2.75, 3.05) is 19.7 Å². The van der Waals surface area contributed by atoms with Crippen LogP contribution in [0.2, 0.25) is 0 Å². The van der Waals surface area contributed by atoms with Gasteiger partial charge in [0.25, 0.3) is 0 Å². The number of hydrogen-bond acceptors (Lipinski definition) is 3. The van der Waals surface area contributed by atoms with Crippen LogP contribution in [0.5, 0.6) is 5.75 Å². The van der Waals surface area contributed by atoms with Crippen LogP contribution >= 0.6 is 0 Å². The lowest BCUT2D eigenvalue weighted by Gasteiger charge is -2.32. The van der Waals surface area contributed by atoms with Crippen LogP contribution in [-0.4, -0.2) is 25.8 Å².